The van der Waals surface area contributed by atoms with E-state index < -0.39 is 5.60 Å². The lowest BCUT2D eigenvalue weighted by atomic mass is 9.81. The minimum Gasteiger partial charge on any atom is -0.389 e. The van der Waals surface area contributed by atoms with E-state index in [1.807, 2.05) is 19.9 Å². The quantitative estimate of drug-likeness (QED) is 0.804. The third-order valence-electron chi connectivity index (χ3n) is 4.60. The zero-order chi connectivity index (χ0) is 16.3. The normalized spacial score (nSPS) is 15.6. The van der Waals surface area contributed by atoms with E-state index >= 15 is 0 Å². The molecule has 0 aliphatic heterocycles. The molecule has 0 bridgehead atoms. The molecule has 0 saturated heterocycles. The van der Waals surface area contributed by atoms with Gasteiger partial charge in [0.2, 0.25) is 0 Å². The average molecular weight is 303 g/mol. The SMILES string of the molecule is CCCCC(O)(CC)C(C)c1nc2ccccc2c(=O)n1N. The fraction of sp³-hybridized carbons (Fsp3) is 0.529. The second kappa shape index (κ2) is 6.48. The van der Waals surface area contributed by atoms with Crippen LogP contribution >= 0.6 is 0 Å². The molecule has 5 heteroatoms. The number of aliphatic hydroxyl groups is 1. The van der Waals surface area contributed by atoms with E-state index in [0.29, 0.717) is 29.6 Å². The number of nitrogens with two attached hydrogens (primary N) is 1. The summed E-state index contributed by atoms with van der Waals surface area (Å²) >= 11 is 0. The molecule has 1 aromatic carbocycles. The lowest BCUT2D eigenvalue weighted by Gasteiger charge is -2.33. The van der Waals surface area contributed by atoms with Crippen molar-refractivity contribution in [2.45, 2.75) is 58.0 Å². The number of benzene rings is 1. The monoisotopic (exact) mass is 303 g/mol. The van der Waals surface area contributed by atoms with E-state index in [1.54, 1.807) is 18.2 Å². The molecule has 0 spiro atoms. The van der Waals surface area contributed by atoms with E-state index in [1.165, 1.54) is 0 Å². The third kappa shape index (κ3) is 2.86. The van der Waals surface area contributed by atoms with Crippen LogP contribution in [0.3, 0.4) is 0 Å². The van der Waals surface area contributed by atoms with Gasteiger partial charge >= 0.3 is 0 Å². The lowest BCUT2D eigenvalue weighted by molar-refractivity contribution is -0.000272. The van der Waals surface area contributed by atoms with Crippen LogP contribution in [-0.2, 0) is 0 Å². The Kier molecular flexibility index (Phi) is 4.86. The summed E-state index contributed by atoms with van der Waals surface area (Å²) < 4.78 is 1.08. The number of nitrogen functional groups attached to an aromatic ring is 1. The molecule has 0 radical (unpaired) electrons. The maximum absolute atomic E-state index is 12.4. The molecule has 22 heavy (non-hydrogen) atoms. The molecule has 0 aliphatic rings. The van der Waals surface area contributed by atoms with Gasteiger partial charge in [-0.25, -0.2) is 9.66 Å². The summed E-state index contributed by atoms with van der Waals surface area (Å²) in [5.41, 5.74) is -0.564. The third-order valence-corrected chi connectivity index (χ3v) is 4.60. The van der Waals surface area contributed by atoms with Crippen molar-refractivity contribution in [3.63, 3.8) is 0 Å². The van der Waals surface area contributed by atoms with E-state index in [2.05, 4.69) is 11.9 Å². The first-order valence-corrected chi connectivity index (χ1v) is 7.93. The molecule has 0 aliphatic carbocycles. The highest BCUT2D eigenvalue weighted by molar-refractivity contribution is 5.77. The minimum absolute atomic E-state index is 0.276. The van der Waals surface area contributed by atoms with Gasteiger partial charge in [0.1, 0.15) is 5.82 Å². The van der Waals surface area contributed by atoms with Crippen molar-refractivity contribution in [1.29, 1.82) is 0 Å². The summed E-state index contributed by atoms with van der Waals surface area (Å²) in [5, 5.41) is 11.4. The van der Waals surface area contributed by atoms with E-state index in [0.717, 1.165) is 17.5 Å². The number of aromatic nitrogens is 2. The van der Waals surface area contributed by atoms with Gasteiger partial charge < -0.3 is 10.9 Å². The molecule has 2 atom stereocenters. The van der Waals surface area contributed by atoms with Crippen LogP contribution in [0.25, 0.3) is 10.9 Å². The van der Waals surface area contributed by atoms with Crippen LogP contribution in [0.2, 0.25) is 0 Å². The standard InChI is InChI=1S/C17H25N3O2/c1-4-6-11-17(22,5-2)12(3)15-19-14-10-8-7-9-13(14)16(21)20(15)18/h7-10,12,22H,4-6,11,18H2,1-3H3. The van der Waals surface area contributed by atoms with Crippen molar-refractivity contribution < 1.29 is 5.11 Å². The fourth-order valence-corrected chi connectivity index (χ4v) is 2.89. The van der Waals surface area contributed by atoms with Gasteiger partial charge in [0, 0.05) is 5.92 Å². The average Bonchev–Trinajstić information content (AvgIpc) is 2.55. The zero-order valence-corrected chi connectivity index (χ0v) is 13.5. The molecular weight excluding hydrogens is 278 g/mol. The molecule has 5 nitrogen and oxygen atoms in total. The Morgan fingerprint density at radius 2 is 2.05 bits per heavy atom. The van der Waals surface area contributed by atoms with Crippen LogP contribution in [0.5, 0.6) is 0 Å². The Labute approximate surface area is 130 Å². The van der Waals surface area contributed by atoms with Gasteiger partial charge in [-0.15, -0.1) is 0 Å². The molecular formula is C17H25N3O2. The topological polar surface area (TPSA) is 81.1 Å². The summed E-state index contributed by atoms with van der Waals surface area (Å²) in [6.45, 7) is 5.93. The number of unbranched alkanes of at least 4 members (excludes halogenated alkanes) is 1. The summed E-state index contributed by atoms with van der Waals surface area (Å²) in [6.07, 6.45) is 3.20. The first kappa shape index (κ1) is 16.5. The van der Waals surface area contributed by atoms with Gasteiger partial charge in [0.05, 0.1) is 16.5 Å². The van der Waals surface area contributed by atoms with E-state index in [9.17, 15) is 9.90 Å². The molecule has 1 aromatic heterocycles. The van der Waals surface area contributed by atoms with E-state index in [4.69, 9.17) is 5.84 Å². The van der Waals surface area contributed by atoms with Gasteiger partial charge in [-0.2, -0.15) is 0 Å². The number of nitrogens with zero attached hydrogens (tertiary/aromatic N) is 2. The van der Waals surface area contributed by atoms with Crippen LogP contribution in [0.1, 0.15) is 58.2 Å². The smallest absolute Gasteiger partial charge is 0.279 e. The fourth-order valence-electron chi connectivity index (χ4n) is 2.89. The van der Waals surface area contributed by atoms with Gasteiger partial charge in [-0.3, -0.25) is 4.79 Å². The predicted octanol–water partition coefficient (Wildman–Crippen LogP) is 2.55. The Morgan fingerprint density at radius 3 is 2.68 bits per heavy atom. The summed E-state index contributed by atoms with van der Waals surface area (Å²) in [6, 6.07) is 7.14. The van der Waals surface area contributed by atoms with Crippen molar-refractivity contribution in [2.24, 2.45) is 0 Å². The van der Waals surface area contributed by atoms with Crippen LogP contribution in [0.4, 0.5) is 0 Å². The van der Waals surface area contributed by atoms with Gasteiger partial charge in [0.15, 0.2) is 0 Å². The first-order valence-electron chi connectivity index (χ1n) is 7.93. The molecule has 2 aromatic rings. The Hall–Kier alpha value is -1.88. The largest absolute Gasteiger partial charge is 0.389 e. The van der Waals surface area contributed by atoms with Gasteiger partial charge in [0.25, 0.3) is 5.56 Å². The van der Waals surface area contributed by atoms with Crippen molar-refractivity contribution in [3.05, 3.63) is 40.4 Å². The second-order valence-electron chi connectivity index (χ2n) is 5.94. The molecule has 0 fully saturated rings. The number of hydrogen-bond donors (Lipinski definition) is 2. The summed E-state index contributed by atoms with van der Waals surface area (Å²) in [4.78, 5) is 16.9. The van der Waals surface area contributed by atoms with Crippen molar-refractivity contribution in [1.82, 2.24) is 9.66 Å². The van der Waals surface area contributed by atoms with Crippen LogP contribution in [-0.4, -0.2) is 20.4 Å². The highest BCUT2D eigenvalue weighted by Gasteiger charge is 2.35. The molecule has 2 rings (SSSR count). The van der Waals surface area contributed by atoms with Crippen molar-refractivity contribution >= 4 is 10.9 Å². The number of para-hydroxylation sites is 1. The van der Waals surface area contributed by atoms with Crippen molar-refractivity contribution in [3.8, 4) is 0 Å². The molecule has 2 unspecified atom stereocenters. The van der Waals surface area contributed by atoms with Crippen LogP contribution in [0.15, 0.2) is 29.1 Å². The highest BCUT2D eigenvalue weighted by atomic mass is 16.3. The summed E-state index contributed by atoms with van der Waals surface area (Å²) in [5.74, 6) is 6.08. The number of hydrogen-bond acceptors (Lipinski definition) is 4. The molecule has 0 saturated carbocycles. The Bertz CT molecular complexity index is 711. The van der Waals surface area contributed by atoms with Gasteiger partial charge in [-0.05, 0) is 25.0 Å². The van der Waals surface area contributed by atoms with Crippen LogP contribution in [0, 0.1) is 0 Å². The lowest BCUT2D eigenvalue weighted by Crippen LogP contribution is -2.40. The first-order chi connectivity index (χ1) is 10.4. The maximum Gasteiger partial charge on any atom is 0.279 e. The number of fused-ring (bicyclic) bond motifs is 1. The maximum atomic E-state index is 12.4. The van der Waals surface area contributed by atoms with E-state index in [-0.39, 0.29) is 11.5 Å². The van der Waals surface area contributed by atoms with Gasteiger partial charge in [-0.1, -0.05) is 45.7 Å². The number of rotatable bonds is 6. The highest BCUT2D eigenvalue weighted by Crippen LogP contribution is 2.33. The molecule has 120 valence electrons. The molecule has 3 N–H and O–H groups in total. The Balaban J connectivity index is 2.53. The van der Waals surface area contributed by atoms with Crippen molar-refractivity contribution in [2.75, 3.05) is 5.84 Å². The molecule has 1 heterocycles. The second-order valence-corrected chi connectivity index (χ2v) is 5.94. The molecule has 0 amide bonds. The Morgan fingerprint density at radius 1 is 1.36 bits per heavy atom. The minimum atomic E-state index is -0.904. The predicted molar refractivity (Wildman–Crippen MR) is 89.3 cm³/mol. The zero-order valence-electron chi connectivity index (χ0n) is 13.5. The summed E-state index contributed by atoms with van der Waals surface area (Å²) in [7, 11) is 0. The van der Waals surface area contributed by atoms with Crippen LogP contribution < -0.4 is 11.4 Å².